The Labute approximate surface area is 96.6 Å². The zero-order valence-electron chi connectivity index (χ0n) is 9.89. The molecule has 3 N–H and O–H groups in total. The summed E-state index contributed by atoms with van der Waals surface area (Å²) in [7, 11) is 3.52. The molecule has 0 spiro atoms. The van der Waals surface area contributed by atoms with Crippen LogP contribution in [-0.4, -0.2) is 38.5 Å². The molecule has 0 saturated heterocycles. The number of aliphatic hydroxyl groups excluding tert-OH is 1. The van der Waals surface area contributed by atoms with Crippen LogP contribution in [0.2, 0.25) is 0 Å². The van der Waals surface area contributed by atoms with E-state index in [9.17, 15) is 5.11 Å². The lowest BCUT2D eigenvalue weighted by Gasteiger charge is -2.22. The number of likely N-dealkylation sites (N-methyl/N-ethyl adjacent to an activating group) is 1. The lowest BCUT2D eigenvalue weighted by Crippen LogP contribution is -2.31. The maximum atomic E-state index is 9.62. The van der Waals surface area contributed by atoms with E-state index in [2.05, 4.69) is 0 Å². The highest BCUT2D eigenvalue weighted by Crippen LogP contribution is 2.14. The molecule has 0 amide bonds. The third kappa shape index (κ3) is 3.81. The van der Waals surface area contributed by atoms with Crippen LogP contribution in [0.4, 0.5) is 5.69 Å². The molecule has 1 rings (SSSR count). The van der Waals surface area contributed by atoms with E-state index in [1.165, 1.54) is 0 Å². The van der Waals surface area contributed by atoms with Gasteiger partial charge in [0, 0.05) is 32.9 Å². The van der Waals surface area contributed by atoms with Crippen molar-refractivity contribution in [1.82, 2.24) is 0 Å². The van der Waals surface area contributed by atoms with Crippen molar-refractivity contribution in [3.63, 3.8) is 0 Å². The molecule has 0 fully saturated rings. The van der Waals surface area contributed by atoms with Gasteiger partial charge in [0.25, 0.3) is 0 Å². The summed E-state index contributed by atoms with van der Waals surface area (Å²) in [5, 5.41) is 9.62. The lowest BCUT2D eigenvalue weighted by atomic mass is 10.2. The highest BCUT2D eigenvalue weighted by molar-refractivity contribution is 5.47. The highest BCUT2D eigenvalue weighted by Gasteiger charge is 2.08. The van der Waals surface area contributed by atoms with Gasteiger partial charge in [0.2, 0.25) is 0 Å². The first-order chi connectivity index (χ1) is 7.67. The number of anilines is 1. The van der Waals surface area contributed by atoms with E-state index in [4.69, 9.17) is 10.5 Å². The first-order valence-corrected chi connectivity index (χ1v) is 5.34. The summed E-state index contributed by atoms with van der Waals surface area (Å²) in [5.41, 5.74) is 7.72. The molecule has 16 heavy (non-hydrogen) atoms. The molecule has 1 atom stereocenters. The monoisotopic (exact) mass is 224 g/mol. The minimum absolute atomic E-state index is 0.348. The van der Waals surface area contributed by atoms with E-state index in [0.29, 0.717) is 19.7 Å². The molecule has 0 heterocycles. The number of nitrogens with two attached hydrogens (primary N) is 1. The van der Waals surface area contributed by atoms with Crippen LogP contribution in [-0.2, 0) is 11.3 Å². The van der Waals surface area contributed by atoms with Gasteiger partial charge in [-0.15, -0.1) is 0 Å². The smallest absolute Gasteiger partial charge is 0.0947 e. The summed E-state index contributed by atoms with van der Waals surface area (Å²) < 4.78 is 4.89. The summed E-state index contributed by atoms with van der Waals surface area (Å²) in [6, 6.07) is 7.98. The number of methoxy groups -OCH3 is 1. The van der Waals surface area contributed by atoms with Crippen LogP contribution < -0.4 is 10.6 Å². The van der Waals surface area contributed by atoms with E-state index < -0.39 is 6.10 Å². The fraction of sp³-hybridized carbons (Fsp3) is 0.500. The molecule has 0 bridgehead atoms. The summed E-state index contributed by atoms with van der Waals surface area (Å²) >= 11 is 0. The highest BCUT2D eigenvalue weighted by atomic mass is 16.5. The number of ether oxygens (including phenoxy) is 1. The van der Waals surface area contributed by atoms with Gasteiger partial charge >= 0.3 is 0 Å². The van der Waals surface area contributed by atoms with Crippen molar-refractivity contribution in [3.8, 4) is 0 Å². The fourth-order valence-electron chi connectivity index (χ4n) is 1.59. The molecule has 0 radical (unpaired) electrons. The Balaban J connectivity index is 2.61. The van der Waals surface area contributed by atoms with Crippen molar-refractivity contribution in [2.45, 2.75) is 12.6 Å². The Morgan fingerprint density at radius 2 is 2.25 bits per heavy atom. The van der Waals surface area contributed by atoms with Crippen LogP contribution in [0.5, 0.6) is 0 Å². The second-order valence-corrected chi connectivity index (χ2v) is 3.86. The maximum Gasteiger partial charge on any atom is 0.0947 e. The number of hydrogen-bond acceptors (Lipinski definition) is 4. The number of hydrogen-bond donors (Lipinski definition) is 2. The molecule has 0 aromatic heterocycles. The average Bonchev–Trinajstić information content (AvgIpc) is 2.29. The van der Waals surface area contributed by atoms with Crippen LogP contribution in [0.1, 0.15) is 5.56 Å². The molecule has 0 aliphatic heterocycles. The van der Waals surface area contributed by atoms with Crippen LogP contribution in [0.25, 0.3) is 0 Å². The summed E-state index contributed by atoms with van der Waals surface area (Å²) in [6.07, 6.45) is -0.475. The molecular formula is C12H20N2O2. The topological polar surface area (TPSA) is 58.7 Å². The first-order valence-electron chi connectivity index (χ1n) is 5.34. The van der Waals surface area contributed by atoms with Crippen LogP contribution in [0, 0.1) is 0 Å². The maximum absolute atomic E-state index is 9.62. The molecule has 0 aliphatic rings. The van der Waals surface area contributed by atoms with E-state index in [0.717, 1.165) is 11.3 Å². The molecule has 0 aliphatic carbocycles. The quantitative estimate of drug-likeness (QED) is 0.742. The standard InChI is InChI=1S/C12H20N2O2/c1-14(8-12(15)9-16-2)11-5-3-4-10(6-11)7-13/h3-6,12,15H,7-9,13H2,1-2H3. The summed E-state index contributed by atoms with van der Waals surface area (Å²) in [4.78, 5) is 1.99. The van der Waals surface area contributed by atoms with Crippen molar-refractivity contribution in [2.75, 3.05) is 32.2 Å². The van der Waals surface area contributed by atoms with Gasteiger partial charge in [0.1, 0.15) is 0 Å². The van der Waals surface area contributed by atoms with Gasteiger partial charge in [0.15, 0.2) is 0 Å². The van der Waals surface area contributed by atoms with E-state index >= 15 is 0 Å². The molecule has 1 aromatic carbocycles. The molecule has 90 valence electrons. The number of nitrogens with zero attached hydrogens (tertiary/aromatic N) is 1. The largest absolute Gasteiger partial charge is 0.389 e. The second kappa shape index (κ2) is 6.48. The van der Waals surface area contributed by atoms with Gasteiger partial charge in [-0.3, -0.25) is 0 Å². The SMILES string of the molecule is COCC(O)CN(C)c1cccc(CN)c1. The molecule has 4 heteroatoms. The van der Waals surface area contributed by atoms with Crippen LogP contribution in [0.15, 0.2) is 24.3 Å². The van der Waals surface area contributed by atoms with Gasteiger partial charge in [-0.1, -0.05) is 12.1 Å². The third-order valence-corrected chi connectivity index (χ3v) is 2.43. The first kappa shape index (κ1) is 13.0. The average molecular weight is 224 g/mol. The molecule has 1 unspecified atom stereocenters. The predicted octanol–water partition coefficient (Wildman–Crippen LogP) is 0.589. The Morgan fingerprint density at radius 3 is 2.88 bits per heavy atom. The predicted molar refractivity (Wildman–Crippen MR) is 65.5 cm³/mol. The summed E-state index contributed by atoms with van der Waals surface area (Å²) in [5.74, 6) is 0. The van der Waals surface area contributed by atoms with Gasteiger partial charge in [-0.2, -0.15) is 0 Å². The zero-order valence-corrected chi connectivity index (χ0v) is 9.89. The number of benzene rings is 1. The lowest BCUT2D eigenvalue weighted by molar-refractivity contribution is 0.0695. The molecule has 1 aromatic rings. The van der Waals surface area contributed by atoms with Gasteiger partial charge in [-0.05, 0) is 17.7 Å². The van der Waals surface area contributed by atoms with Crippen molar-refractivity contribution < 1.29 is 9.84 Å². The van der Waals surface area contributed by atoms with Crippen molar-refractivity contribution in [1.29, 1.82) is 0 Å². The van der Waals surface area contributed by atoms with Crippen molar-refractivity contribution in [2.24, 2.45) is 5.73 Å². The van der Waals surface area contributed by atoms with E-state index in [-0.39, 0.29) is 0 Å². The molecule has 0 saturated carbocycles. The number of rotatable bonds is 6. The molecular weight excluding hydrogens is 204 g/mol. The fourth-order valence-corrected chi connectivity index (χ4v) is 1.59. The van der Waals surface area contributed by atoms with Gasteiger partial charge in [-0.25, -0.2) is 0 Å². The zero-order chi connectivity index (χ0) is 12.0. The summed E-state index contributed by atoms with van der Waals surface area (Å²) in [6.45, 7) is 1.42. The Morgan fingerprint density at radius 1 is 1.50 bits per heavy atom. The van der Waals surface area contributed by atoms with Crippen LogP contribution in [0.3, 0.4) is 0 Å². The Bertz CT molecular complexity index is 318. The van der Waals surface area contributed by atoms with Crippen LogP contribution >= 0.6 is 0 Å². The normalized spacial score (nSPS) is 12.5. The van der Waals surface area contributed by atoms with Gasteiger partial charge in [0.05, 0.1) is 12.7 Å². The number of aliphatic hydroxyl groups is 1. The van der Waals surface area contributed by atoms with E-state index in [1.54, 1.807) is 7.11 Å². The third-order valence-electron chi connectivity index (χ3n) is 2.43. The minimum atomic E-state index is -0.475. The Kier molecular flexibility index (Phi) is 5.25. The Hall–Kier alpha value is -1.10. The van der Waals surface area contributed by atoms with E-state index in [1.807, 2.05) is 36.2 Å². The second-order valence-electron chi connectivity index (χ2n) is 3.86. The molecule has 4 nitrogen and oxygen atoms in total. The van der Waals surface area contributed by atoms with Crippen molar-refractivity contribution in [3.05, 3.63) is 29.8 Å². The van der Waals surface area contributed by atoms with Crippen molar-refractivity contribution >= 4 is 5.69 Å². The minimum Gasteiger partial charge on any atom is -0.389 e. The van der Waals surface area contributed by atoms with Gasteiger partial charge < -0.3 is 20.5 Å².